The normalized spacial score (nSPS) is 27.4. The van der Waals surface area contributed by atoms with Crippen molar-refractivity contribution in [1.29, 1.82) is 0 Å². The van der Waals surface area contributed by atoms with Gasteiger partial charge in [0.1, 0.15) is 0 Å². The van der Waals surface area contributed by atoms with Crippen LogP contribution in [-0.2, 0) is 0 Å². The van der Waals surface area contributed by atoms with E-state index in [1.54, 1.807) is 5.56 Å². The van der Waals surface area contributed by atoms with Gasteiger partial charge in [-0.05, 0) is 48.8 Å². The smallest absolute Gasteiger partial charge is 0.0547 e. The number of hydrogen-bond donors (Lipinski definition) is 1. The molecule has 1 N–H and O–H groups in total. The Bertz CT molecular complexity index is 629. The number of anilines is 1. The minimum atomic E-state index is 0.478. The van der Waals surface area contributed by atoms with E-state index in [0.717, 1.165) is 11.8 Å². The number of hydrogen-bond acceptors (Lipinski definition) is 1. The van der Waals surface area contributed by atoms with Gasteiger partial charge in [0, 0.05) is 5.69 Å². The monoisotopic (exact) mass is 277 g/mol. The van der Waals surface area contributed by atoms with Crippen molar-refractivity contribution in [1.82, 2.24) is 0 Å². The van der Waals surface area contributed by atoms with Crippen LogP contribution in [0.4, 0.5) is 5.69 Å². The van der Waals surface area contributed by atoms with Crippen LogP contribution in [-0.4, -0.2) is 0 Å². The van der Waals surface area contributed by atoms with Gasteiger partial charge in [-0.1, -0.05) is 60.9 Å². The predicted molar refractivity (Wildman–Crippen MR) is 88.7 cm³/mol. The molecule has 21 heavy (non-hydrogen) atoms. The Hall–Kier alpha value is -1.76. The summed E-state index contributed by atoms with van der Waals surface area (Å²) in [5, 5.41) is 3.83. The van der Waals surface area contributed by atoms with Gasteiger partial charge in [0.25, 0.3) is 0 Å². The number of rotatable bonds is 1. The van der Waals surface area contributed by atoms with Crippen LogP contribution in [0, 0.1) is 12.8 Å². The fraction of sp³-hybridized carbons (Fsp3) is 0.400. The molecule has 2 aromatic rings. The largest absolute Gasteiger partial charge is 0.378 e. The fourth-order valence-electron chi connectivity index (χ4n) is 4.28. The molecule has 0 amide bonds. The Balaban J connectivity index is 1.76. The Morgan fingerprint density at radius 3 is 2.52 bits per heavy atom. The van der Waals surface area contributed by atoms with Gasteiger partial charge in [-0.3, -0.25) is 0 Å². The summed E-state index contributed by atoms with van der Waals surface area (Å²) in [5.41, 5.74) is 5.69. The highest BCUT2D eigenvalue weighted by Crippen LogP contribution is 2.50. The van der Waals surface area contributed by atoms with Crippen LogP contribution in [0.2, 0.25) is 0 Å². The quantitative estimate of drug-likeness (QED) is 0.732. The van der Waals surface area contributed by atoms with E-state index in [1.165, 1.54) is 42.5 Å². The standard InChI is InChI=1S/C20H23N/c1-14-10-12-15(13-11-14)20-18-8-3-2-6-16(18)17-7-4-5-9-19(17)21-20/h4-5,7,9-13,16,18,20-21H,2-3,6,8H2,1H3. The van der Waals surface area contributed by atoms with E-state index in [-0.39, 0.29) is 0 Å². The highest BCUT2D eigenvalue weighted by atomic mass is 15.0. The van der Waals surface area contributed by atoms with E-state index < -0.39 is 0 Å². The van der Waals surface area contributed by atoms with Gasteiger partial charge in [-0.25, -0.2) is 0 Å². The van der Waals surface area contributed by atoms with Crippen LogP contribution < -0.4 is 5.32 Å². The fourth-order valence-corrected chi connectivity index (χ4v) is 4.28. The van der Waals surface area contributed by atoms with Crippen molar-refractivity contribution in [3.05, 3.63) is 65.2 Å². The van der Waals surface area contributed by atoms with Crippen molar-refractivity contribution in [2.75, 3.05) is 5.32 Å². The second-order valence-corrected chi connectivity index (χ2v) is 6.67. The first-order valence-electron chi connectivity index (χ1n) is 8.25. The van der Waals surface area contributed by atoms with E-state index in [2.05, 4.69) is 60.8 Å². The Morgan fingerprint density at radius 1 is 0.905 bits per heavy atom. The van der Waals surface area contributed by atoms with Crippen molar-refractivity contribution in [3.63, 3.8) is 0 Å². The third kappa shape index (κ3) is 2.25. The molecule has 2 aromatic carbocycles. The molecule has 108 valence electrons. The van der Waals surface area contributed by atoms with Gasteiger partial charge in [-0.15, -0.1) is 0 Å². The summed E-state index contributed by atoms with van der Waals surface area (Å²) in [6.07, 6.45) is 5.47. The second-order valence-electron chi connectivity index (χ2n) is 6.67. The lowest BCUT2D eigenvalue weighted by Gasteiger charge is -2.43. The molecule has 0 spiro atoms. The lowest BCUT2D eigenvalue weighted by atomic mass is 9.68. The maximum Gasteiger partial charge on any atom is 0.0547 e. The molecule has 0 radical (unpaired) electrons. The van der Waals surface area contributed by atoms with Crippen LogP contribution in [0.25, 0.3) is 0 Å². The molecule has 1 heteroatoms. The van der Waals surface area contributed by atoms with Gasteiger partial charge in [0.2, 0.25) is 0 Å². The predicted octanol–water partition coefficient (Wildman–Crippen LogP) is 5.44. The molecule has 0 bridgehead atoms. The average molecular weight is 277 g/mol. The third-order valence-electron chi connectivity index (χ3n) is 5.36. The van der Waals surface area contributed by atoms with Gasteiger partial charge in [-0.2, -0.15) is 0 Å². The maximum atomic E-state index is 3.83. The molecule has 1 aliphatic carbocycles. The van der Waals surface area contributed by atoms with Crippen LogP contribution in [0.15, 0.2) is 48.5 Å². The average Bonchev–Trinajstić information content (AvgIpc) is 2.55. The van der Waals surface area contributed by atoms with E-state index in [4.69, 9.17) is 0 Å². The zero-order chi connectivity index (χ0) is 14.2. The van der Waals surface area contributed by atoms with Crippen molar-refractivity contribution in [2.24, 2.45) is 5.92 Å². The zero-order valence-corrected chi connectivity index (χ0v) is 12.7. The van der Waals surface area contributed by atoms with Gasteiger partial charge in [0.15, 0.2) is 0 Å². The molecule has 1 heterocycles. The zero-order valence-electron chi connectivity index (χ0n) is 12.7. The molecule has 2 aliphatic rings. The SMILES string of the molecule is Cc1ccc(C2Nc3ccccc3C3CCCCC32)cc1. The minimum Gasteiger partial charge on any atom is -0.378 e. The molecule has 1 saturated carbocycles. The van der Waals surface area contributed by atoms with Gasteiger partial charge in [0.05, 0.1) is 6.04 Å². The molecule has 0 saturated heterocycles. The Kier molecular flexibility index (Phi) is 3.21. The number of benzene rings is 2. The van der Waals surface area contributed by atoms with Crippen molar-refractivity contribution in [3.8, 4) is 0 Å². The first-order valence-corrected chi connectivity index (χ1v) is 8.25. The van der Waals surface area contributed by atoms with E-state index >= 15 is 0 Å². The Morgan fingerprint density at radius 2 is 1.67 bits per heavy atom. The molecular weight excluding hydrogens is 254 g/mol. The van der Waals surface area contributed by atoms with Crippen molar-refractivity contribution in [2.45, 2.75) is 44.6 Å². The number of fused-ring (bicyclic) bond motifs is 3. The summed E-state index contributed by atoms with van der Waals surface area (Å²) in [5.74, 6) is 1.49. The molecule has 4 rings (SSSR count). The maximum absolute atomic E-state index is 3.83. The van der Waals surface area contributed by atoms with E-state index in [0.29, 0.717) is 6.04 Å². The van der Waals surface area contributed by atoms with Crippen molar-refractivity contribution >= 4 is 5.69 Å². The van der Waals surface area contributed by atoms with Crippen LogP contribution in [0.5, 0.6) is 0 Å². The first kappa shape index (κ1) is 12.9. The molecule has 1 fully saturated rings. The molecule has 3 atom stereocenters. The van der Waals surface area contributed by atoms with Crippen LogP contribution in [0.3, 0.4) is 0 Å². The topological polar surface area (TPSA) is 12.0 Å². The molecule has 1 aliphatic heterocycles. The summed E-state index contributed by atoms with van der Waals surface area (Å²) >= 11 is 0. The summed E-state index contributed by atoms with van der Waals surface area (Å²) in [4.78, 5) is 0. The van der Waals surface area contributed by atoms with Crippen molar-refractivity contribution < 1.29 is 0 Å². The first-order chi connectivity index (χ1) is 10.3. The number of aryl methyl sites for hydroxylation is 1. The Labute approximate surface area is 127 Å². The van der Waals surface area contributed by atoms with E-state index in [9.17, 15) is 0 Å². The summed E-state index contributed by atoms with van der Waals surface area (Å²) in [7, 11) is 0. The highest BCUT2D eigenvalue weighted by molar-refractivity contribution is 5.57. The van der Waals surface area contributed by atoms with Gasteiger partial charge < -0.3 is 5.32 Å². The second kappa shape index (κ2) is 5.22. The van der Waals surface area contributed by atoms with Gasteiger partial charge >= 0.3 is 0 Å². The van der Waals surface area contributed by atoms with Crippen LogP contribution >= 0.6 is 0 Å². The molecule has 1 nitrogen and oxygen atoms in total. The highest BCUT2D eigenvalue weighted by Gasteiger charge is 2.38. The summed E-state index contributed by atoms with van der Waals surface area (Å²) < 4.78 is 0. The molecular formula is C20H23N. The van der Waals surface area contributed by atoms with Crippen LogP contribution in [0.1, 0.15) is 54.3 Å². The third-order valence-corrected chi connectivity index (χ3v) is 5.36. The lowest BCUT2D eigenvalue weighted by Crippen LogP contribution is -2.33. The summed E-state index contributed by atoms with van der Waals surface area (Å²) in [6.45, 7) is 2.16. The lowest BCUT2D eigenvalue weighted by molar-refractivity contribution is 0.265. The van der Waals surface area contributed by atoms with E-state index in [1.807, 2.05) is 0 Å². The summed E-state index contributed by atoms with van der Waals surface area (Å²) in [6, 6.07) is 18.5. The molecule has 0 aromatic heterocycles. The number of para-hydroxylation sites is 1. The molecule has 3 unspecified atom stereocenters. The number of nitrogens with one attached hydrogen (secondary N) is 1. The minimum absolute atomic E-state index is 0.478.